The normalized spacial score (nSPS) is 12.6. The summed E-state index contributed by atoms with van der Waals surface area (Å²) in [4.78, 5) is 0.139. The third-order valence-electron chi connectivity index (χ3n) is 2.42. The van der Waals surface area contributed by atoms with Crippen LogP contribution in [0.4, 0.5) is 0 Å². The first kappa shape index (κ1) is 15.7. The minimum atomic E-state index is -3.57. The molecule has 104 valence electrons. The summed E-state index contributed by atoms with van der Waals surface area (Å²) in [5.74, 6) is 5.14. The Morgan fingerprint density at radius 2 is 2.21 bits per heavy atom. The van der Waals surface area contributed by atoms with Crippen LogP contribution in [0.15, 0.2) is 29.2 Å². The van der Waals surface area contributed by atoms with Gasteiger partial charge in [0.05, 0.1) is 11.0 Å². The smallest absolute Gasteiger partial charge is 0.240 e. The van der Waals surface area contributed by atoms with Crippen molar-refractivity contribution in [1.29, 1.82) is 0 Å². The van der Waals surface area contributed by atoms with E-state index in [1.165, 1.54) is 19.2 Å². The Morgan fingerprint density at radius 3 is 2.84 bits per heavy atom. The Morgan fingerprint density at radius 1 is 1.47 bits per heavy atom. The van der Waals surface area contributed by atoms with E-state index in [9.17, 15) is 8.42 Å². The van der Waals surface area contributed by atoms with Crippen LogP contribution in [0.5, 0.6) is 0 Å². The van der Waals surface area contributed by atoms with E-state index in [1.807, 2.05) is 0 Å². The van der Waals surface area contributed by atoms with Crippen LogP contribution in [0.3, 0.4) is 0 Å². The zero-order valence-corrected chi connectivity index (χ0v) is 11.7. The fraction of sp³-hybridized carbons (Fsp3) is 0.385. The highest BCUT2D eigenvalue weighted by atomic mass is 32.2. The summed E-state index contributed by atoms with van der Waals surface area (Å²) in [5.41, 5.74) is 0.539. The SMILES string of the molecule is COC(C)CNS(=O)(=O)c1cccc(C#CCO)c1. The van der Waals surface area contributed by atoms with Crippen molar-refractivity contribution in [1.82, 2.24) is 4.72 Å². The number of nitrogens with one attached hydrogen (secondary N) is 1. The summed E-state index contributed by atoms with van der Waals surface area (Å²) < 4.78 is 31.5. The molecule has 0 amide bonds. The minimum Gasteiger partial charge on any atom is -0.384 e. The average molecular weight is 283 g/mol. The fourth-order valence-corrected chi connectivity index (χ4v) is 2.44. The molecule has 1 aromatic carbocycles. The summed E-state index contributed by atoms with van der Waals surface area (Å²) in [7, 11) is -2.06. The number of benzene rings is 1. The molecule has 0 fully saturated rings. The molecular weight excluding hydrogens is 266 g/mol. The highest BCUT2D eigenvalue weighted by Crippen LogP contribution is 2.10. The average Bonchev–Trinajstić information content (AvgIpc) is 2.43. The van der Waals surface area contributed by atoms with Gasteiger partial charge in [-0.05, 0) is 25.1 Å². The molecule has 1 atom stereocenters. The molecular formula is C13H17NO4S. The lowest BCUT2D eigenvalue weighted by Crippen LogP contribution is -2.31. The van der Waals surface area contributed by atoms with Crippen molar-refractivity contribution < 1.29 is 18.3 Å². The zero-order chi connectivity index (χ0) is 14.3. The molecule has 0 spiro atoms. The molecule has 6 heteroatoms. The second-order valence-corrected chi connectivity index (χ2v) is 5.65. The Hall–Kier alpha value is -1.39. The summed E-state index contributed by atoms with van der Waals surface area (Å²) in [6, 6.07) is 6.24. The Kier molecular flexibility index (Phi) is 5.99. The molecule has 0 saturated carbocycles. The van der Waals surface area contributed by atoms with E-state index in [-0.39, 0.29) is 24.2 Å². The maximum absolute atomic E-state index is 12.0. The van der Waals surface area contributed by atoms with E-state index in [0.29, 0.717) is 5.56 Å². The first-order chi connectivity index (χ1) is 8.99. The van der Waals surface area contributed by atoms with Crippen molar-refractivity contribution >= 4 is 10.0 Å². The predicted octanol–water partition coefficient (Wildman–Crippen LogP) is 0.344. The van der Waals surface area contributed by atoms with E-state index in [0.717, 1.165) is 0 Å². The van der Waals surface area contributed by atoms with Crippen molar-refractivity contribution in [3.8, 4) is 11.8 Å². The van der Waals surface area contributed by atoms with Gasteiger partial charge in [0.15, 0.2) is 0 Å². The lowest BCUT2D eigenvalue weighted by Gasteiger charge is -2.11. The summed E-state index contributed by atoms with van der Waals surface area (Å²) >= 11 is 0. The molecule has 0 heterocycles. The molecule has 1 rings (SSSR count). The van der Waals surface area contributed by atoms with Crippen molar-refractivity contribution in [3.63, 3.8) is 0 Å². The molecule has 0 aliphatic carbocycles. The molecule has 0 aliphatic heterocycles. The molecule has 5 nitrogen and oxygen atoms in total. The molecule has 0 saturated heterocycles. The van der Waals surface area contributed by atoms with E-state index >= 15 is 0 Å². The number of aliphatic hydroxyl groups is 1. The van der Waals surface area contributed by atoms with Gasteiger partial charge >= 0.3 is 0 Å². The van der Waals surface area contributed by atoms with Gasteiger partial charge in [-0.25, -0.2) is 13.1 Å². The quantitative estimate of drug-likeness (QED) is 0.764. The van der Waals surface area contributed by atoms with Crippen molar-refractivity contribution in [2.75, 3.05) is 20.3 Å². The van der Waals surface area contributed by atoms with Gasteiger partial charge in [0.25, 0.3) is 0 Å². The number of hydrogen-bond donors (Lipinski definition) is 2. The highest BCUT2D eigenvalue weighted by molar-refractivity contribution is 7.89. The largest absolute Gasteiger partial charge is 0.384 e. The molecule has 19 heavy (non-hydrogen) atoms. The Bertz CT molecular complexity index is 572. The molecule has 0 aliphatic rings. The van der Waals surface area contributed by atoms with Gasteiger partial charge in [0, 0.05) is 19.2 Å². The molecule has 0 aromatic heterocycles. The molecule has 2 N–H and O–H groups in total. The maximum atomic E-state index is 12.0. The fourth-order valence-electron chi connectivity index (χ4n) is 1.28. The molecule has 0 radical (unpaired) electrons. The first-order valence-electron chi connectivity index (χ1n) is 5.72. The molecule has 1 unspecified atom stereocenters. The summed E-state index contributed by atoms with van der Waals surface area (Å²) in [6.07, 6.45) is -0.202. The van der Waals surface area contributed by atoms with Gasteiger partial charge in [-0.15, -0.1) is 0 Å². The monoisotopic (exact) mass is 283 g/mol. The van der Waals surface area contributed by atoms with Crippen molar-refractivity contribution in [3.05, 3.63) is 29.8 Å². The van der Waals surface area contributed by atoms with Crippen LogP contribution >= 0.6 is 0 Å². The lowest BCUT2D eigenvalue weighted by molar-refractivity contribution is 0.122. The number of methoxy groups -OCH3 is 1. The topological polar surface area (TPSA) is 75.6 Å². The minimum absolute atomic E-state index is 0.139. The van der Waals surface area contributed by atoms with E-state index in [1.54, 1.807) is 19.1 Å². The number of aliphatic hydroxyl groups excluding tert-OH is 1. The van der Waals surface area contributed by atoms with Crippen molar-refractivity contribution in [2.24, 2.45) is 0 Å². The van der Waals surface area contributed by atoms with E-state index in [4.69, 9.17) is 9.84 Å². The standard InChI is InChI=1S/C13H17NO4S/c1-11(18-2)10-14-19(16,17)13-7-3-5-12(9-13)6-4-8-15/h3,5,7,9,11,14-15H,8,10H2,1-2H3. The second-order valence-electron chi connectivity index (χ2n) is 3.89. The Balaban J connectivity index is 2.89. The summed E-state index contributed by atoms with van der Waals surface area (Å²) in [6.45, 7) is 1.71. The highest BCUT2D eigenvalue weighted by Gasteiger charge is 2.15. The third-order valence-corrected chi connectivity index (χ3v) is 3.84. The van der Waals surface area contributed by atoms with Crippen LogP contribution in [-0.4, -0.2) is 39.9 Å². The van der Waals surface area contributed by atoms with E-state index < -0.39 is 10.0 Å². The number of hydrogen-bond acceptors (Lipinski definition) is 4. The van der Waals surface area contributed by atoms with Crippen LogP contribution in [0, 0.1) is 11.8 Å². The third kappa shape index (κ3) is 5.01. The van der Waals surface area contributed by atoms with Gasteiger partial charge in [0.2, 0.25) is 10.0 Å². The van der Waals surface area contributed by atoms with E-state index in [2.05, 4.69) is 16.6 Å². The Labute approximate surface area is 113 Å². The molecule has 0 bridgehead atoms. The lowest BCUT2D eigenvalue weighted by atomic mass is 10.2. The van der Waals surface area contributed by atoms with Gasteiger partial charge in [-0.1, -0.05) is 17.9 Å². The van der Waals surface area contributed by atoms with Crippen LogP contribution in [-0.2, 0) is 14.8 Å². The van der Waals surface area contributed by atoms with Crippen LogP contribution in [0.1, 0.15) is 12.5 Å². The van der Waals surface area contributed by atoms with Gasteiger partial charge in [-0.3, -0.25) is 0 Å². The number of ether oxygens (including phenoxy) is 1. The first-order valence-corrected chi connectivity index (χ1v) is 7.20. The van der Waals surface area contributed by atoms with Gasteiger partial charge < -0.3 is 9.84 Å². The van der Waals surface area contributed by atoms with Crippen LogP contribution in [0.25, 0.3) is 0 Å². The van der Waals surface area contributed by atoms with Crippen LogP contribution in [0.2, 0.25) is 0 Å². The molecule has 1 aromatic rings. The zero-order valence-electron chi connectivity index (χ0n) is 10.9. The predicted molar refractivity (Wildman–Crippen MR) is 72.1 cm³/mol. The van der Waals surface area contributed by atoms with Gasteiger partial charge in [-0.2, -0.15) is 0 Å². The van der Waals surface area contributed by atoms with Gasteiger partial charge in [0.1, 0.15) is 6.61 Å². The van der Waals surface area contributed by atoms with Crippen LogP contribution < -0.4 is 4.72 Å². The number of rotatable bonds is 5. The van der Waals surface area contributed by atoms with Crippen molar-refractivity contribution in [2.45, 2.75) is 17.9 Å². The second kappa shape index (κ2) is 7.26. The maximum Gasteiger partial charge on any atom is 0.240 e. The summed E-state index contributed by atoms with van der Waals surface area (Å²) in [5, 5.41) is 8.61. The number of sulfonamides is 1.